The molecule has 1 heterocycles. The van der Waals surface area contributed by atoms with Crippen LogP contribution in [0, 0.1) is 0 Å². The number of hydrogen-bond acceptors (Lipinski definition) is 11. The van der Waals surface area contributed by atoms with Crippen molar-refractivity contribution < 1.29 is 53.4 Å². The first-order valence-corrected chi connectivity index (χ1v) is 10.0. The molecular weight excluding hydrogens is 464 g/mol. The minimum absolute atomic E-state index is 0.00949. The van der Waals surface area contributed by atoms with Crippen molar-refractivity contribution in [3.63, 3.8) is 0 Å². The van der Waals surface area contributed by atoms with E-state index >= 15 is 0 Å². The fourth-order valence-corrected chi connectivity index (χ4v) is 3.61. The summed E-state index contributed by atoms with van der Waals surface area (Å²) in [5.41, 5.74) is -0.178. The largest absolute Gasteiger partial charge is 0.504 e. The van der Waals surface area contributed by atoms with Crippen LogP contribution >= 0.6 is 0 Å². The number of carbonyl (C=O) groups excluding carboxylic acids is 3. The normalized spacial score (nSPS) is 10.9. The molecule has 4 aromatic rings. The number of phenolic OH excluding ortho intramolecular Hbond substituents is 4. The van der Waals surface area contributed by atoms with Crippen LogP contribution in [0.2, 0.25) is 0 Å². The van der Waals surface area contributed by atoms with E-state index in [9.17, 15) is 34.8 Å². The predicted octanol–water partition coefficient (Wildman–Crippen LogP) is 3.85. The molecule has 1 aromatic heterocycles. The molecule has 4 rings (SSSR count). The van der Waals surface area contributed by atoms with Gasteiger partial charge in [0.25, 0.3) is 0 Å². The van der Waals surface area contributed by atoms with Crippen LogP contribution in [0.5, 0.6) is 40.2 Å². The van der Waals surface area contributed by atoms with E-state index in [4.69, 9.17) is 18.6 Å². The number of phenols is 4. The van der Waals surface area contributed by atoms with Crippen molar-refractivity contribution >= 4 is 39.8 Å². The topological polar surface area (TPSA) is 173 Å². The molecule has 180 valence electrons. The van der Waals surface area contributed by atoms with Crippen molar-refractivity contribution in [3.05, 3.63) is 30.3 Å². The van der Waals surface area contributed by atoms with Crippen LogP contribution < -0.4 is 14.2 Å². The molecular formula is C24H18O11. The van der Waals surface area contributed by atoms with Crippen molar-refractivity contribution in [1.82, 2.24) is 0 Å². The number of rotatable bonds is 4. The standard InChI is InChI=1S/C24H18O11/c1-9(25)32-21-19(12-4-5-14(28)15(29)6-12)22(33-10(2)26)24-20(23(21)34-11(3)27)13-7-16(30)17(31)8-18(13)35-24/h4-8,28-31H,1-3H3. The molecule has 0 unspecified atom stereocenters. The van der Waals surface area contributed by atoms with Gasteiger partial charge < -0.3 is 39.1 Å². The zero-order valence-corrected chi connectivity index (χ0v) is 18.5. The third kappa shape index (κ3) is 4.10. The van der Waals surface area contributed by atoms with Gasteiger partial charge in [0.05, 0.1) is 10.9 Å². The summed E-state index contributed by atoms with van der Waals surface area (Å²) >= 11 is 0. The number of ether oxygens (including phenoxy) is 3. The van der Waals surface area contributed by atoms with Crippen molar-refractivity contribution in [3.8, 4) is 51.4 Å². The van der Waals surface area contributed by atoms with Gasteiger partial charge in [0.15, 0.2) is 45.8 Å². The van der Waals surface area contributed by atoms with Crippen LogP contribution in [0.4, 0.5) is 0 Å². The average molecular weight is 482 g/mol. The van der Waals surface area contributed by atoms with Crippen LogP contribution in [0.1, 0.15) is 20.8 Å². The molecule has 0 radical (unpaired) electrons. The molecule has 35 heavy (non-hydrogen) atoms. The molecule has 0 bridgehead atoms. The highest BCUT2D eigenvalue weighted by Crippen LogP contribution is 2.55. The number of hydrogen-bond donors (Lipinski definition) is 4. The molecule has 0 aliphatic rings. The van der Waals surface area contributed by atoms with Gasteiger partial charge in [-0.25, -0.2) is 0 Å². The Hall–Kier alpha value is -4.93. The Morgan fingerprint density at radius 3 is 1.83 bits per heavy atom. The number of benzene rings is 3. The van der Waals surface area contributed by atoms with Gasteiger partial charge >= 0.3 is 17.9 Å². The predicted molar refractivity (Wildman–Crippen MR) is 120 cm³/mol. The van der Waals surface area contributed by atoms with Crippen LogP contribution in [0.15, 0.2) is 34.7 Å². The SMILES string of the molecule is CC(=O)Oc1c(-c2ccc(O)c(O)c2)c(OC(C)=O)c2oc3cc(O)c(O)cc3c2c1OC(C)=O. The summed E-state index contributed by atoms with van der Waals surface area (Å²) < 4.78 is 22.0. The summed E-state index contributed by atoms with van der Waals surface area (Å²) in [6.07, 6.45) is 0. The van der Waals surface area contributed by atoms with Gasteiger partial charge in [-0.1, -0.05) is 6.07 Å². The summed E-state index contributed by atoms with van der Waals surface area (Å²) in [6, 6.07) is 5.80. The molecule has 0 spiro atoms. The number of furan rings is 1. The van der Waals surface area contributed by atoms with Gasteiger partial charge in [-0.15, -0.1) is 0 Å². The Bertz CT molecular complexity index is 1550. The highest BCUT2D eigenvalue weighted by molar-refractivity contribution is 6.16. The highest BCUT2D eigenvalue weighted by atomic mass is 16.6. The van der Waals surface area contributed by atoms with Gasteiger partial charge in [-0.3, -0.25) is 14.4 Å². The molecule has 11 heteroatoms. The summed E-state index contributed by atoms with van der Waals surface area (Å²) in [6.45, 7) is 3.29. The molecule has 0 aliphatic carbocycles. The second-order valence-electron chi connectivity index (χ2n) is 7.49. The minimum atomic E-state index is -0.830. The van der Waals surface area contributed by atoms with Crippen LogP contribution in [0.25, 0.3) is 33.1 Å². The van der Waals surface area contributed by atoms with E-state index in [2.05, 4.69) is 0 Å². The average Bonchev–Trinajstić information content (AvgIpc) is 3.10. The smallest absolute Gasteiger partial charge is 0.308 e. The van der Waals surface area contributed by atoms with E-state index in [1.165, 1.54) is 6.07 Å². The summed E-state index contributed by atoms with van der Waals surface area (Å²) in [4.78, 5) is 36.2. The number of esters is 3. The second-order valence-corrected chi connectivity index (χ2v) is 7.49. The fraction of sp³-hybridized carbons (Fsp3) is 0.125. The van der Waals surface area contributed by atoms with Gasteiger partial charge in [0, 0.05) is 32.2 Å². The van der Waals surface area contributed by atoms with Gasteiger partial charge in [-0.05, 0) is 23.8 Å². The lowest BCUT2D eigenvalue weighted by Gasteiger charge is -2.18. The van der Waals surface area contributed by atoms with Crippen molar-refractivity contribution in [2.24, 2.45) is 0 Å². The lowest BCUT2D eigenvalue weighted by atomic mass is 9.98. The number of fused-ring (bicyclic) bond motifs is 3. The van der Waals surface area contributed by atoms with E-state index in [1.54, 1.807) is 0 Å². The zero-order chi connectivity index (χ0) is 25.6. The zero-order valence-electron chi connectivity index (χ0n) is 18.5. The van der Waals surface area contributed by atoms with Crippen molar-refractivity contribution in [2.45, 2.75) is 20.8 Å². The first kappa shape index (κ1) is 23.2. The molecule has 0 fully saturated rings. The van der Waals surface area contributed by atoms with Crippen molar-refractivity contribution in [1.29, 1.82) is 0 Å². The monoisotopic (exact) mass is 482 g/mol. The minimum Gasteiger partial charge on any atom is -0.504 e. The van der Waals surface area contributed by atoms with Gasteiger partial charge in [0.1, 0.15) is 5.58 Å². The third-order valence-electron chi connectivity index (χ3n) is 4.88. The maximum atomic E-state index is 12.1. The second kappa shape index (κ2) is 8.45. The first-order valence-electron chi connectivity index (χ1n) is 10.0. The maximum Gasteiger partial charge on any atom is 0.308 e. The molecule has 4 N–H and O–H groups in total. The van der Waals surface area contributed by atoms with Crippen LogP contribution in [-0.4, -0.2) is 38.3 Å². The Morgan fingerprint density at radius 1 is 0.686 bits per heavy atom. The highest BCUT2D eigenvalue weighted by Gasteiger charge is 2.32. The molecule has 0 saturated carbocycles. The van der Waals surface area contributed by atoms with E-state index in [-0.39, 0.29) is 50.3 Å². The van der Waals surface area contributed by atoms with Crippen LogP contribution in [-0.2, 0) is 14.4 Å². The lowest BCUT2D eigenvalue weighted by molar-refractivity contribution is -0.134. The molecule has 0 saturated heterocycles. The molecule has 0 aliphatic heterocycles. The summed E-state index contributed by atoms with van der Waals surface area (Å²) in [7, 11) is 0. The van der Waals surface area contributed by atoms with Crippen LogP contribution in [0.3, 0.4) is 0 Å². The van der Waals surface area contributed by atoms with Gasteiger partial charge in [0.2, 0.25) is 0 Å². The molecule has 0 amide bonds. The van der Waals surface area contributed by atoms with E-state index < -0.39 is 40.9 Å². The lowest BCUT2D eigenvalue weighted by Crippen LogP contribution is -2.11. The summed E-state index contributed by atoms with van der Waals surface area (Å²) in [5.74, 6) is -5.42. The molecule has 3 aromatic carbocycles. The Morgan fingerprint density at radius 2 is 1.23 bits per heavy atom. The quantitative estimate of drug-likeness (QED) is 0.189. The Labute approximate surface area is 196 Å². The van der Waals surface area contributed by atoms with E-state index in [0.717, 1.165) is 45.0 Å². The number of aromatic hydroxyl groups is 4. The first-order chi connectivity index (χ1) is 16.5. The van der Waals surface area contributed by atoms with Crippen molar-refractivity contribution in [2.75, 3.05) is 0 Å². The third-order valence-corrected chi connectivity index (χ3v) is 4.88. The number of carbonyl (C=O) groups is 3. The molecule has 0 atom stereocenters. The van der Waals surface area contributed by atoms with E-state index in [0.29, 0.717) is 0 Å². The summed E-state index contributed by atoms with van der Waals surface area (Å²) in [5, 5.41) is 40.0. The van der Waals surface area contributed by atoms with Gasteiger partial charge in [-0.2, -0.15) is 0 Å². The molecule has 11 nitrogen and oxygen atoms in total. The fourth-order valence-electron chi connectivity index (χ4n) is 3.61. The Kier molecular flexibility index (Phi) is 5.61. The maximum absolute atomic E-state index is 12.1. The van der Waals surface area contributed by atoms with E-state index in [1.807, 2.05) is 0 Å². The Balaban J connectivity index is 2.29.